The largest absolute Gasteiger partial charge is 0.274 e. The van der Waals surface area contributed by atoms with Crippen molar-refractivity contribution in [2.24, 2.45) is 0 Å². The Labute approximate surface area is 105 Å². The summed E-state index contributed by atoms with van der Waals surface area (Å²) >= 11 is 5.56. The van der Waals surface area contributed by atoms with E-state index in [4.69, 9.17) is 11.6 Å². The summed E-state index contributed by atoms with van der Waals surface area (Å²) in [4.78, 5) is 11.3. The van der Waals surface area contributed by atoms with E-state index in [-0.39, 0.29) is 6.04 Å². The van der Waals surface area contributed by atoms with Crippen molar-refractivity contribution in [1.82, 2.24) is 9.78 Å². The Morgan fingerprint density at radius 2 is 2.18 bits per heavy atom. The second-order valence-corrected chi connectivity index (χ2v) is 4.57. The Morgan fingerprint density at radius 3 is 2.82 bits per heavy atom. The molecule has 0 fully saturated rings. The monoisotopic (exact) mass is 250 g/mol. The lowest BCUT2D eigenvalue weighted by Gasteiger charge is -2.11. The van der Waals surface area contributed by atoms with E-state index in [1.54, 1.807) is 0 Å². The Morgan fingerprint density at radius 1 is 1.47 bits per heavy atom. The molecular weight excluding hydrogens is 236 g/mol. The zero-order valence-electron chi connectivity index (χ0n) is 9.98. The number of hydrogen-bond donors (Lipinski definition) is 0. The number of para-hydroxylation sites is 1. The van der Waals surface area contributed by atoms with Crippen molar-refractivity contribution >= 4 is 27.7 Å². The molecule has 90 valence electrons. The molecule has 1 aromatic carbocycles. The third-order valence-corrected chi connectivity index (χ3v) is 3.10. The van der Waals surface area contributed by atoms with Gasteiger partial charge in [0.1, 0.15) is 0 Å². The molecule has 4 heteroatoms. The topological polar surface area (TPSA) is 34.9 Å². The van der Waals surface area contributed by atoms with Gasteiger partial charge in [-0.05, 0) is 31.0 Å². The van der Waals surface area contributed by atoms with Gasteiger partial charge in [-0.1, -0.05) is 31.5 Å². The number of nitrogens with zero attached hydrogens (tertiary/aromatic N) is 2. The molecule has 0 aliphatic heterocycles. The highest BCUT2D eigenvalue weighted by Crippen LogP contribution is 2.24. The fourth-order valence-electron chi connectivity index (χ4n) is 2.11. The number of rotatable bonds is 4. The number of carbonyl (C=O) groups excluding carboxylic acids is 1. The van der Waals surface area contributed by atoms with Crippen LogP contribution in [0.2, 0.25) is 0 Å². The van der Waals surface area contributed by atoms with Crippen molar-refractivity contribution in [3.8, 4) is 0 Å². The summed E-state index contributed by atoms with van der Waals surface area (Å²) in [6.45, 7) is 4.24. The highest BCUT2D eigenvalue weighted by atomic mass is 35.5. The van der Waals surface area contributed by atoms with Crippen LogP contribution in [0.15, 0.2) is 24.3 Å². The van der Waals surface area contributed by atoms with E-state index in [2.05, 4.69) is 18.9 Å². The van der Waals surface area contributed by atoms with Crippen LogP contribution < -0.4 is 0 Å². The lowest BCUT2D eigenvalue weighted by atomic mass is 10.2. The van der Waals surface area contributed by atoms with Gasteiger partial charge >= 0.3 is 0 Å². The molecule has 0 bridgehead atoms. The van der Waals surface area contributed by atoms with Crippen molar-refractivity contribution in [3.63, 3.8) is 0 Å². The van der Waals surface area contributed by atoms with Gasteiger partial charge in [0.05, 0.1) is 5.52 Å². The summed E-state index contributed by atoms with van der Waals surface area (Å²) in [7, 11) is 0. The third kappa shape index (κ3) is 2.20. The maximum atomic E-state index is 11.3. The van der Waals surface area contributed by atoms with Crippen molar-refractivity contribution in [2.75, 3.05) is 0 Å². The molecule has 2 rings (SSSR count). The molecule has 0 radical (unpaired) electrons. The zero-order chi connectivity index (χ0) is 12.4. The van der Waals surface area contributed by atoms with Crippen LogP contribution in [0.3, 0.4) is 0 Å². The molecule has 1 aromatic heterocycles. The minimum Gasteiger partial charge on any atom is -0.274 e. The van der Waals surface area contributed by atoms with Crippen LogP contribution in [-0.4, -0.2) is 15.0 Å². The van der Waals surface area contributed by atoms with Crippen LogP contribution in [0.5, 0.6) is 0 Å². The molecule has 3 nitrogen and oxygen atoms in total. The van der Waals surface area contributed by atoms with Crippen molar-refractivity contribution in [1.29, 1.82) is 0 Å². The summed E-state index contributed by atoms with van der Waals surface area (Å²) < 4.78 is 1.90. The number of fused-ring (bicyclic) bond motifs is 1. The molecule has 1 atom stereocenters. The molecular formula is C13H15ClN2O. The number of benzene rings is 1. The highest BCUT2D eigenvalue weighted by Gasteiger charge is 2.17. The molecule has 0 saturated heterocycles. The van der Waals surface area contributed by atoms with Crippen molar-refractivity contribution in [3.05, 3.63) is 30.0 Å². The van der Waals surface area contributed by atoms with Crippen LogP contribution >= 0.6 is 11.6 Å². The van der Waals surface area contributed by atoms with Gasteiger partial charge in [0.15, 0.2) is 5.69 Å². The van der Waals surface area contributed by atoms with Gasteiger partial charge in [0.2, 0.25) is 0 Å². The normalized spacial score (nSPS) is 12.9. The van der Waals surface area contributed by atoms with E-state index in [9.17, 15) is 4.79 Å². The van der Waals surface area contributed by atoms with Gasteiger partial charge < -0.3 is 0 Å². The first-order valence-corrected chi connectivity index (χ1v) is 6.20. The van der Waals surface area contributed by atoms with Gasteiger partial charge in [0, 0.05) is 11.4 Å². The number of halogens is 1. The van der Waals surface area contributed by atoms with Gasteiger partial charge in [-0.3, -0.25) is 9.48 Å². The molecule has 0 aliphatic carbocycles. The molecule has 0 saturated carbocycles. The molecule has 2 aromatic rings. The predicted octanol–water partition coefficient (Wildman–Crippen LogP) is 3.78. The van der Waals surface area contributed by atoms with Crippen molar-refractivity contribution in [2.45, 2.75) is 32.7 Å². The third-order valence-electron chi connectivity index (χ3n) is 2.92. The second-order valence-electron chi connectivity index (χ2n) is 4.22. The molecule has 1 heterocycles. The molecule has 0 spiro atoms. The Hall–Kier alpha value is -1.35. The summed E-state index contributed by atoms with van der Waals surface area (Å²) in [5.74, 6) is 0. The van der Waals surface area contributed by atoms with Gasteiger partial charge in [-0.25, -0.2) is 0 Å². The minimum absolute atomic E-state index is 0.273. The molecule has 0 aliphatic rings. The Balaban J connectivity index is 2.60. The lowest BCUT2D eigenvalue weighted by molar-refractivity contribution is 0.107. The van der Waals surface area contributed by atoms with E-state index in [1.807, 2.05) is 28.9 Å². The Kier molecular flexibility index (Phi) is 3.48. The maximum Gasteiger partial charge on any atom is 0.273 e. The molecule has 0 amide bonds. The predicted molar refractivity (Wildman–Crippen MR) is 69.5 cm³/mol. The van der Waals surface area contributed by atoms with Crippen LogP contribution in [0.1, 0.15) is 43.2 Å². The first kappa shape index (κ1) is 12.1. The fourth-order valence-corrected chi connectivity index (χ4v) is 2.25. The summed E-state index contributed by atoms with van der Waals surface area (Å²) in [6, 6.07) is 7.96. The molecule has 17 heavy (non-hydrogen) atoms. The minimum atomic E-state index is -0.497. The van der Waals surface area contributed by atoms with E-state index in [0.717, 1.165) is 23.7 Å². The van der Waals surface area contributed by atoms with Gasteiger partial charge in [-0.2, -0.15) is 5.10 Å². The van der Waals surface area contributed by atoms with E-state index in [0.29, 0.717) is 5.69 Å². The number of aromatic nitrogens is 2. The van der Waals surface area contributed by atoms with E-state index in [1.165, 1.54) is 0 Å². The van der Waals surface area contributed by atoms with Crippen LogP contribution in [0, 0.1) is 0 Å². The average molecular weight is 251 g/mol. The van der Waals surface area contributed by atoms with Gasteiger partial charge in [0.25, 0.3) is 5.24 Å². The first-order chi connectivity index (χ1) is 8.15. The highest BCUT2D eigenvalue weighted by molar-refractivity contribution is 6.68. The van der Waals surface area contributed by atoms with Gasteiger partial charge in [-0.15, -0.1) is 0 Å². The Bertz CT molecular complexity index is 547. The van der Waals surface area contributed by atoms with Crippen LogP contribution in [-0.2, 0) is 0 Å². The maximum absolute atomic E-state index is 11.3. The van der Waals surface area contributed by atoms with E-state index < -0.39 is 5.24 Å². The summed E-state index contributed by atoms with van der Waals surface area (Å²) in [6.07, 6.45) is 2.11. The fraction of sp³-hybridized carbons (Fsp3) is 0.385. The van der Waals surface area contributed by atoms with Crippen molar-refractivity contribution < 1.29 is 4.79 Å². The van der Waals surface area contributed by atoms with Crippen LogP contribution in [0.4, 0.5) is 0 Å². The quantitative estimate of drug-likeness (QED) is 0.774. The lowest BCUT2D eigenvalue weighted by Crippen LogP contribution is -2.07. The number of hydrogen-bond acceptors (Lipinski definition) is 2. The second kappa shape index (κ2) is 4.88. The molecule has 0 N–H and O–H groups in total. The zero-order valence-corrected chi connectivity index (χ0v) is 10.7. The summed E-state index contributed by atoms with van der Waals surface area (Å²) in [5, 5.41) is 4.68. The average Bonchev–Trinajstić information content (AvgIpc) is 2.69. The molecule has 1 unspecified atom stereocenters. The number of carbonyl (C=O) groups is 1. The summed E-state index contributed by atoms with van der Waals surface area (Å²) in [5.41, 5.74) is 1.32. The van der Waals surface area contributed by atoms with E-state index >= 15 is 0 Å². The standard InChI is InChI=1S/C13H15ClN2O/c1-3-6-9(2)16-11-8-5-4-7-10(11)12(15-16)13(14)17/h4-5,7-9H,3,6H2,1-2H3. The van der Waals surface area contributed by atoms with Crippen LogP contribution in [0.25, 0.3) is 10.9 Å². The smallest absolute Gasteiger partial charge is 0.273 e. The first-order valence-electron chi connectivity index (χ1n) is 5.82. The SMILES string of the molecule is CCCC(C)n1nc(C(=O)Cl)c2ccccc21.